The van der Waals surface area contributed by atoms with Crippen molar-refractivity contribution >= 4 is 5.91 Å². The maximum atomic E-state index is 12.1. The molecular formula is C14H29N3O. The highest BCUT2D eigenvalue weighted by Crippen LogP contribution is 2.27. The number of hydrogen-bond acceptors (Lipinski definition) is 3. The van der Waals surface area contributed by atoms with Gasteiger partial charge in [-0.25, -0.2) is 0 Å². The van der Waals surface area contributed by atoms with Crippen LogP contribution < -0.4 is 5.73 Å². The van der Waals surface area contributed by atoms with Gasteiger partial charge in [-0.1, -0.05) is 6.42 Å². The molecule has 0 aromatic carbocycles. The molecule has 18 heavy (non-hydrogen) atoms. The zero-order valence-electron chi connectivity index (χ0n) is 12.2. The topological polar surface area (TPSA) is 49.6 Å². The lowest BCUT2D eigenvalue weighted by atomic mass is 9.85. The van der Waals surface area contributed by atoms with E-state index >= 15 is 0 Å². The summed E-state index contributed by atoms with van der Waals surface area (Å²) < 4.78 is 0. The van der Waals surface area contributed by atoms with Crippen LogP contribution in [0.5, 0.6) is 0 Å². The first-order valence-electron chi connectivity index (χ1n) is 7.30. The predicted octanol–water partition coefficient (Wildman–Crippen LogP) is 1.30. The van der Waals surface area contributed by atoms with Crippen LogP contribution in [0.3, 0.4) is 0 Å². The average Bonchev–Trinajstić information content (AvgIpc) is 2.32. The molecule has 1 atom stereocenters. The summed E-state index contributed by atoms with van der Waals surface area (Å²) in [7, 11) is 2.10. The molecule has 0 bridgehead atoms. The van der Waals surface area contributed by atoms with Crippen LogP contribution in [0, 0.1) is 5.92 Å². The van der Waals surface area contributed by atoms with Gasteiger partial charge in [0.2, 0.25) is 5.91 Å². The van der Waals surface area contributed by atoms with Crippen LogP contribution in [0.4, 0.5) is 0 Å². The molecule has 4 nitrogen and oxygen atoms in total. The van der Waals surface area contributed by atoms with Crippen molar-refractivity contribution in [1.29, 1.82) is 0 Å². The highest BCUT2D eigenvalue weighted by atomic mass is 16.2. The molecule has 0 aliphatic heterocycles. The minimum absolute atomic E-state index is 0.193. The number of carbonyl (C=O) groups excluding carboxylic acids is 1. The molecule has 1 unspecified atom stereocenters. The standard InChI is InChI=1S/C14H29N3O/c1-4-17(5-2)14(18)9-13(10-15)16(3)11-12-7-6-8-12/h12-13H,4-11,15H2,1-3H3. The zero-order valence-corrected chi connectivity index (χ0v) is 12.2. The summed E-state index contributed by atoms with van der Waals surface area (Å²) in [4.78, 5) is 16.3. The van der Waals surface area contributed by atoms with Gasteiger partial charge in [0.15, 0.2) is 0 Å². The fourth-order valence-corrected chi connectivity index (χ4v) is 2.56. The highest BCUT2D eigenvalue weighted by molar-refractivity contribution is 5.76. The van der Waals surface area contributed by atoms with E-state index < -0.39 is 0 Å². The average molecular weight is 255 g/mol. The van der Waals surface area contributed by atoms with E-state index in [2.05, 4.69) is 11.9 Å². The number of nitrogens with two attached hydrogens (primary N) is 1. The van der Waals surface area contributed by atoms with Gasteiger partial charge in [0.05, 0.1) is 0 Å². The third-order valence-corrected chi connectivity index (χ3v) is 4.19. The van der Waals surface area contributed by atoms with E-state index in [9.17, 15) is 4.79 Å². The SMILES string of the molecule is CCN(CC)C(=O)CC(CN)N(C)CC1CCC1. The van der Waals surface area contributed by atoms with Gasteiger partial charge in [0.1, 0.15) is 0 Å². The lowest BCUT2D eigenvalue weighted by Crippen LogP contribution is -2.45. The van der Waals surface area contributed by atoms with Gasteiger partial charge in [-0.2, -0.15) is 0 Å². The number of carbonyl (C=O) groups is 1. The quantitative estimate of drug-likeness (QED) is 0.711. The van der Waals surface area contributed by atoms with Gasteiger partial charge >= 0.3 is 0 Å². The first-order chi connectivity index (χ1) is 8.62. The van der Waals surface area contributed by atoms with Crippen molar-refractivity contribution in [1.82, 2.24) is 9.80 Å². The number of hydrogen-bond donors (Lipinski definition) is 1. The molecule has 2 N–H and O–H groups in total. The number of rotatable bonds is 8. The summed E-state index contributed by atoms with van der Waals surface area (Å²) in [5, 5.41) is 0. The Morgan fingerprint density at radius 1 is 1.33 bits per heavy atom. The Balaban J connectivity index is 2.41. The second kappa shape index (κ2) is 7.74. The van der Waals surface area contributed by atoms with Crippen molar-refractivity contribution in [3.05, 3.63) is 0 Å². The van der Waals surface area contributed by atoms with Crippen LogP contribution in [-0.4, -0.2) is 55.0 Å². The fourth-order valence-electron chi connectivity index (χ4n) is 2.56. The van der Waals surface area contributed by atoms with Crippen LogP contribution in [0.15, 0.2) is 0 Å². The lowest BCUT2D eigenvalue weighted by Gasteiger charge is -2.35. The van der Waals surface area contributed by atoms with Gasteiger partial charge in [0, 0.05) is 38.6 Å². The van der Waals surface area contributed by atoms with Crippen LogP contribution >= 0.6 is 0 Å². The molecule has 4 heteroatoms. The summed E-state index contributed by atoms with van der Waals surface area (Å²) >= 11 is 0. The Labute approximate surface area is 111 Å². The van der Waals surface area contributed by atoms with Gasteiger partial charge in [-0.3, -0.25) is 4.79 Å². The van der Waals surface area contributed by atoms with E-state index in [1.165, 1.54) is 19.3 Å². The van der Waals surface area contributed by atoms with E-state index in [1.54, 1.807) is 0 Å². The molecule has 0 saturated heterocycles. The van der Waals surface area contributed by atoms with Crippen molar-refractivity contribution in [2.45, 2.75) is 45.6 Å². The molecule has 1 rings (SSSR count). The van der Waals surface area contributed by atoms with E-state index in [0.717, 1.165) is 25.6 Å². The van der Waals surface area contributed by atoms with Gasteiger partial charge < -0.3 is 15.5 Å². The molecule has 0 radical (unpaired) electrons. The minimum Gasteiger partial charge on any atom is -0.343 e. The Bertz CT molecular complexity index is 249. The molecule has 106 valence electrons. The number of likely N-dealkylation sites (N-methyl/N-ethyl adjacent to an activating group) is 1. The minimum atomic E-state index is 0.193. The Morgan fingerprint density at radius 3 is 2.33 bits per heavy atom. The summed E-state index contributed by atoms with van der Waals surface area (Å²) in [6.07, 6.45) is 4.60. The second-order valence-electron chi connectivity index (χ2n) is 5.40. The van der Waals surface area contributed by atoms with Crippen molar-refractivity contribution in [3.63, 3.8) is 0 Å². The summed E-state index contributed by atoms with van der Waals surface area (Å²) in [6.45, 7) is 7.29. The molecule has 1 fully saturated rings. The predicted molar refractivity (Wildman–Crippen MR) is 75.4 cm³/mol. The summed E-state index contributed by atoms with van der Waals surface area (Å²) in [6, 6.07) is 0.193. The van der Waals surface area contributed by atoms with Gasteiger partial charge in [-0.15, -0.1) is 0 Å². The Kier molecular flexibility index (Phi) is 6.65. The van der Waals surface area contributed by atoms with Crippen molar-refractivity contribution in [2.75, 3.05) is 33.2 Å². The fraction of sp³-hybridized carbons (Fsp3) is 0.929. The van der Waals surface area contributed by atoms with Gasteiger partial charge in [0.25, 0.3) is 0 Å². The smallest absolute Gasteiger partial charge is 0.224 e. The first kappa shape index (κ1) is 15.4. The van der Waals surface area contributed by atoms with E-state index in [0.29, 0.717) is 13.0 Å². The van der Waals surface area contributed by atoms with Crippen LogP contribution in [-0.2, 0) is 4.79 Å². The lowest BCUT2D eigenvalue weighted by molar-refractivity contribution is -0.132. The monoisotopic (exact) mass is 255 g/mol. The number of amides is 1. The van der Waals surface area contributed by atoms with E-state index in [1.807, 2.05) is 18.7 Å². The van der Waals surface area contributed by atoms with Crippen LogP contribution in [0.25, 0.3) is 0 Å². The van der Waals surface area contributed by atoms with Crippen molar-refractivity contribution < 1.29 is 4.79 Å². The first-order valence-corrected chi connectivity index (χ1v) is 7.30. The van der Waals surface area contributed by atoms with Crippen molar-refractivity contribution in [2.24, 2.45) is 11.7 Å². The van der Waals surface area contributed by atoms with Gasteiger partial charge in [-0.05, 0) is 39.7 Å². The number of nitrogens with zero attached hydrogens (tertiary/aromatic N) is 2. The van der Waals surface area contributed by atoms with Crippen LogP contribution in [0.1, 0.15) is 39.5 Å². The summed E-state index contributed by atoms with van der Waals surface area (Å²) in [5.41, 5.74) is 5.83. The molecule has 1 amide bonds. The second-order valence-corrected chi connectivity index (χ2v) is 5.40. The Morgan fingerprint density at radius 2 is 1.94 bits per heavy atom. The molecule has 0 aromatic heterocycles. The maximum absolute atomic E-state index is 12.1. The third-order valence-electron chi connectivity index (χ3n) is 4.19. The molecule has 1 aliphatic rings. The zero-order chi connectivity index (χ0) is 13.5. The van der Waals surface area contributed by atoms with Crippen molar-refractivity contribution in [3.8, 4) is 0 Å². The molecule has 1 aliphatic carbocycles. The molecule has 1 saturated carbocycles. The highest BCUT2D eigenvalue weighted by Gasteiger charge is 2.24. The largest absolute Gasteiger partial charge is 0.343 e. The normalized spacial score (nSPS) is 17.6. The Hall–Kier alpha value is -0.610. The third kappa shape index (κ3) is 4.25. The molecule has 0 spiro atoms. The van der Waals surface area contributed by atoms with E-state index in [-0.39, 0.29) is 11.9 Å². The summed E-state index contributed by atoms with van der Waals surface area (Å²) in [5.74, 6) is 1.06. The van der Waals surface area contributed by atoms with Crippen LogP contribution in [0.2, 0.25) is 0 Å². The molecular weight excluding hydrogens is 226 g/mol. The van der Waals surface area contributed by atoms with E-state index in [4.69, 9.17) is 5.73 Å². The molecule has 0 heterocycles. The molecule has 0 aromatic rings. The maximum Gasteiger partial charge on any atom is 0.224 e.